The second kappa shape index (κ2) is 9.96. The quantitative estimate of drug-likeness (QED) is 0.449. The summed E-state index contributed by atoms with van der Waals surface area (Å²) in [6, 6.07) is 13.3. The molecule has 0 bridgehead atoms. The van der Waals surface area contributed by atoms with Crippen molar-refractivity contribution in [3.8, 4) is 0 Å². The van der Waals surface area contributed by atoms with Crippen molar-refractivity contribution in [2.45, 2.75) is 32.7 Å². The van der Waals surface area contributed by atoms with E-state index in [1.807, 2.05) is 17.7 Å². The van der Waals surface area contributed by atoms with Gasteiger partial charge in [-0.3, -0.25) is 0 Å². The van der Waals surface area contributed by atoms with Gasteiger partial charge in [-0.25, -0.2) is 9.98 Å². The van der Waals surface area contributed by atoms with Gasteiger partial charge >= 0.3 is 6.18 Å². The van der Waals surface area contributed by atoms with Gasteiger partial charge in [0.15, 0.2) is 5.96 Å². The molecule has 30 heavy (non-hydrogen) atoms. The molecule has 3 rings (SSSR count). The lowest BCUT2D eigenvalue weighted by atomic mass is 10.1. The Morgan fingerprint density at radius 3 is 2.23 bits per heavy atom. The number of halogens is 3. The maximum atomic E-state index is 12.7. The summed E-state index contributed by atoms with van der Waals surface area (Å²) in [7, 11) is 0. The molecule has 0 atom stereocenters. The first-order chi connectivity index (χ1) is 14.4. The minimum Gasteiger partial charge on any atom is -0.357 e. The first-order valence-corrected chi connectivity index (χ1v) is 9.66. The molecule has 0 spiro atoms. The van der Waals surface area contributed by atoms with Crippen LogP contribution in [0.15, 0.2) is 72.2 Å². The number of nitrogens with one attached hydrogen (secondary N) is 2. The zero-order valence-electron chi connectivity index (χ0n) is 16.7. The number of nitrogens with zero attached hydrogens (tertiary/aromatic N) is 3. The second-order valence-corrected chi connectivity index (χ2v) is 6.79. The lowest BCUT2D eigenvalue weighted by Gasteiger charge is -2.12. The molecule has 2 aromatic carbocycles. The van der Waals surface area contributed by atoms with E-state index in [1.165, 1.54) is 17.7 Å². The number of alkyl halides is 3. The molecule has 0 saturated carbocycles. The van der Waals surface area contributed by atoms with Crippen LogP contribution in [0, 0.1) is 0 Å². The smallest absolute Gasteiger partial charge is 0.357 e. The van der Waals surface area contributed by atoms with Crippen LogP contribution >= 0.6 is 0 Å². The number of hydrogen-bond acceptors (Lipinski definition) is 2. The molecular formula is C22H24F3N5. The Kier molecular flexibility index (Phi) is 7.11. The Bertz CT molecular complexity index is 930. The monoisotopic (exact) mass is 415 g/mol. The summed E-state index contributed by atoms with van der Waals surface area (Å²) in [4.78, 5) is 8.50. The SMILES string of the molecule is CCNC(=NCc1ccc(C(F)(F)F)cc1)NCc1ccc(Cn2ccnc2)cc1. The van der Waals surface area contributed by atoms with Gasteiger partial charge in [-0.05, 0) is 35.7 Å². The second-order valence-electron chi connectivity index (χ2n) is 6.79. The molecule has 0 aliphatic rings. The third-order valence-corrected chi connectivity index (χ3v) is 4.45. The van der Waals surface area contributed by atoms with Crippen LogP contribution in [0.2, 0.25) is 0 Å². The number of benzene rings is 2. The molecule has 1 heterocycles. The Morgan fingerprint density at radius 2 is 1.63 bits per heavy atom. The highest BCUT2D eigenvalue weighted by molar-refractivity contribution is 5.79. The van der Waals surface area contributed by atoms with Crippen LogP contribution in [0.1, 0.15) is 29.2 Å². The molecule has 0 aliphatic carbocycles. The van der Waals surface area contributed by atoms with E-state index in [4.69, 9.17) is 0 Å². The van der Waals surface area contributed by atoms with Crippen molar-refractivity contribution in [1.29, 1.82) is 0 Å². The van der Waals surface area contributed by atoms with Crippen molar-refractivity contribution >= 4 is 5.96 Å². The van der Waals surface area contributed by atoms with E-state index in [9.17, 15) is 13.2 Å². The normalized spacial score (nSPS) is 12.1. The summed E-state index contributed by atoms with van der Waals surface area (Å²) in [5.41, 5.74) is 2.34. The van der Waals surface area contributed by atoms with E-state index in [2.05, 4.69) is 44.9 Å². The predicted octanol–water partition coefficient (Wildman–Crippen LogP) is 4.21. The van der Waals surface area contributed by atoms with Crippen LogP contribution in [0.4, 0.5) is 13.2 Å². The molecule has 2 N–H and O–H groups in total. The van der Waals surface area contributed by atoms with Crippen molar-refractivity contribution < 1.29 is 13.2 Å². The molecule has 0 unspecified atom stereocenters. The van der Waals surface area contributed by atoms with Gasteiger partial charge in [0.05, 0.1) is 18.4 Å². The molecular weight excluding hydrogens is 391 g/mol. The van der Waals surface area contributed by atoms with Crippen molar-refractivity contribution in [3.05, 3.63) is 89.5 Å². The van der Waals surface area contributed by atoms with Crippen molar-refractivity contribution in [3.63, 3.8) is 0 Å². The third kappa shape index (κ3) is 6.37. The molecule has 1 aromatic heterocycles. The van der Waals surface area contributed by atoms with Crippen LogP contribution in [-0.4, -0.2) is 22.1 Å². The number of aromatic nitrogens is 2. The van der Waals surface area contributed by atoms with Crippen LogP contribution < -0.4 is 10.6 Å². The minimum absolute atomic E-state index is 0.289. The summed E-state index contributed by atoms with van der Waals surface area (Å²) < 4.78 is 40.0. The van der Waals surface area contributed by atoms with E-state index >= 15 is 0 Å². The molecule has 8 heteroatoms. The fourth-order valence-corrected chi connectivity index (χ4v) is 2.85. The van der Waals surface area contributed by atoms with Gasteiger partial charge in [0.25, 0.3) is 0 Å². The highest BCUT2D eigenvalue weighted by Gasteiger charge is 2.29. The molecule has 0 radical (unpaired) electrons. The number of rotatable bonds is 7. The average Bonchev–Trinajstić information content (AvgIpc) is 3.24. The summed E-state index contributed by atoms with van der Waals surface area (Å²) >= 11 is 0. The van der Waals surface area contributed by atoms with E-state index < -0.39 is 11.7 Å². The number of guanidine groups is 1. The van der Waals surface area contributed by atoms with Gasteiger partial charge in [-0.2, -0.15) is 13.2 Å². The lowest BCUT2D eigenvalue weighted by Crippen LogP contribution is -2.36. The predicted molar refractivity (Wildman–Crippen MR) is 111 cm³/mol. The molecule has 3 aromatic rings. The zero-order valence-corrected chi connectivity index (χ0v) is 16.7. The number of imidazole rings is 1. The van der Waals surface area contributed by atoms with Crippen molar-refractivity contribution in [2.24, 2.45) is 4.99 Å². The van der Waals surface area contributed by atoms with Crippen LogP contribution in [0.5, 0.6) is 0 Å². The van der Waals surface area contributed by atoms with Crippen molar-refractivity contribution in [2.75, 3.05) is 6.54 Å². The maximum absolute atomic E-state index is 12.7. The molecule has 0 aliphatic heterocycles. The summed E-state index contributed by atoms with van der Waals surface area (Å²) in [5.74, 6) is 0.611. The van der Waals surface area contributed by atoms with E-state index in [0.29, 0.717) is 24.6 Å². The fourth-order valence-electron chi connectivity index (χ4n) is 2.85. The summed E-state index contributed by atoms with van der Waals surface area (Å²) in [6.07, 6.45) is 1.13. The Morgan fingerprint density at radius 1 is 0.967 bits per heavy atom. The number of hydrogen-bond donors (Lipinski definition) is 2. The minimum atomic E-state index is -4.33. The van der Waals surface area contributed by atoms with E-state index in [0.717, 1.165) is 24.2 Å². The highest BCUT2D eigenvalue weighted by Crippen LogP contribution is 2.29. The maximum Gasteiger partial charge on any atom is 0.416 e. The largest absolute Gasteiger partial charge is 0.416 e. The zero-order chi connectivity index (χ0) is 21.4. The first-order valence-electron chi connectivity index (χ1n) is 9.66. The fraction of sp³-hybridized carbons (Fsp3) is 0.273. The van der Waals surface area contributed by atoms with Gasteiger partial charge in [0.1, 0.15) is 0 Å². The summed E-state index contributed by atoms with van der Waals surface area (Å²) in [5, 5.41) is 6.40. The Balaban J connectivity index is 1.55. The standard InChI is InChI=1S/C22H24F3N5/c1-2-27-21(29-14-18-7-9-20(10-8-18)22(23,24)25)28-13-17-3-5-19(6-4-17)15-30-12-11-26-16-30/h3-12,16H,2,13-15H2,1H3,(H2,27,28,29). The molecule has 0 saturated heterocycles. The van der Waals surface area contributed by atoms with E-state index in [-0.39, 0.29) is 6.54 Å². The molecule has 0 amide bonds. The van der Waals surface area contributed by atoms with Gasteiger partial charge in [-0.1, -0.05) is 36.4 Å². The third-order valence-electron chi connectivity index (χ3n) is 4.45. The van der Waals surface area contributed by atoms with Gasteiger partial charge in [0, 0.05) is 32.0 Å². The topological polar surface area (TPSA) is 54.2 Å². The van der Waals surface area contributed by atoms with Crippen LogP contribution in [0.25, 0.3) is 0 Å². The van der Waals surface area contributed by atoms with E-state index in [1.54, 1.807) is 12.5 Å². The highest BCUT2D eigenvalue weighted by atomic mass is 19.4. The van der Waals surface area contributed by atoms with Crippen LogP contribution in [-0.2, 0) is 25.8 Å². The number of aliphatic imine (C=N–C) groups is 1. The van der Waals surface area contributed by atoms with Gasteiger partial charge in [-0.15, -0.1) is 0 Å². The first kappa shape index (κ1) is 21.4. The Labute approximate surface area is 173 Å². The molecule has 5 nitrogen and oxygen atoms in total. The summed E-state index contributed by atoms with van der Waals surface area (Å²) in [6.45, 7) is 4.29. The average molecular weight is 415 g/mol. The molecule has 158 valence electrons. The van der Waals surface area contributed by atoms with Crippen molar-refractivity contribution in [1.82, 2.24) is 20.2 Å². The lowest BCUT2D eigenvalue weighted by molar-refractivity contribution is -0.137. The van der Waals surface area contributed by atoms with Crippen LogP contribution in [0.3, 0.4) is 0 Å². The Hall–Kier alpha value is -3.29. The van der Waals surface area contributed by atoms with Gasteiger partial charge in [0.2, 0.25) is 0 Å². The van der Waals surface area contributed by atoms with Gasteiger partial charge < -0.3 is 15.2 Å². The molecule has 0 fully saturated rings.